The third-order valence-electron chi connectivity index (χ3n) is 3.92. The highest BCUT2D eigenvalue weighted by molar-refractivity contribution is 6.04. The van der Waals surface area contributed by atoms with Gasteiger partial charge >= 0.3 is 0 Å². The number of benzene rings is 3. The molecule has 4 heteroatoms. The average molecular weight is 344 g/mol. The molecule has 2 N–H and O–H groups in total. The molecule has 3 aromatic rings. The summed E-state index contributed by atoms with van der Waals surface area (Å²) >= 11 is 0. The second-order valence-electron chi connectivity index (χ2n) is 5.93. The van der Waals surface area contributed by atoms with Crippen LogP contribution in [0.5, 0.6) is 0 Å². The van der Waals surface area contributed by atoms with Crippen LogP contribution in [-0.4, -0.2) is 11.8 Å². The molecule has 0 spiro atoms. The molecular formula is C22H20N2O2. The first-order chi connectivity index (χ1) is 12.7. The minimum atomic E-state index is -0.182. The Bertz CT molecular complexity index is 877. The smallest absolute Gasteiger partial charge is 0.255 e. The number of carbonyl (C=O) groups is 2. The summed E-state index contributed by atoms with van der Waals surface area (Å²) in [5, 5.41) is 5.71. The summed E-state index contributed by atoms with van der Waals surface area (Å²) in [7, 11) is 0. The Morgan fingerprint density at radius 1 is 0.692 bits per heavy atom. The van der Waals surface area contributed by atoms with E-state index in [0.717, 1.165) is 5.56 Å². The number of carbonyl (C=O) groups excluding carboxylic acids is 2. The standard InChI is InChI=1S/C22H20N2O2/c25-21(15-14-17-8-3-1-4-9-17)23-19-12-7-13-20(16-19)24-22(26)18-10-5-2-6-11-18/h1-13,16H,14-15H2,(H,23,25)(H,24,26). The number of hydrogen-bond donors (Lipinski definition) is 2. The van der Waals surface area contributed by atoms with E-state index in [4.69, 9.17) is 0 Å². The zero-order valence-electron chi connectivity index (χ0n) is 14.3. The minimum absolute atomic E-state index is 0.0552. The van der Waals surface area contributed by atoms with Crippen molar-refractivity contribution in [3.63, 3.8) is 0 Å². The van der Waals surface area contributed by atoms with Crippen molar-refractivity contribution in [2.75, 3.05) is 10.6 Å². The Balaban J connectivity index is 1.57. The van der Waals surface area contributed by atoms with E-state index in [9.17, 15) is 9.59 Å². The molecule has 0 saturated heterocycles. The highest BCUT2D eigenvalue weighted by Crippen LogP contribution is 2.16. The number of anilines is 2. The molecule has 26 heavy (non-hydrogen) atoms. The largest absolute Gasteiger partial charge is 0.326 e. The lowest BCUT2D eigenvalue weighted by atomic mass is 10.1. The van der Waals surface area contributed by atoms with E-state index in [0.29, 0.717) is 29.8 Å². The van der Waals surface area contributed by atoms with Crippen LogP contribution < -0.4 is 10.6 Å². The van der Waals surface area contributed by atoms with Crippen LogP contribution in [0.3, 0.4) is 0 Å². The lowest BCUT2D eigenvalue weighted by molar-refractivity contribution is -0.116. The lowest BCUT2D eigenvalue weighted by Crippen LogP contribution is -2.14. The fourth-order valence-corrected chi connectivity index (χ4v) is 2.59. The molecule has 2 amide bonds. The third kappa shape index (κ3) is 5.05. The summed E-state index contributed by atoms with van der Waals surface area (Å²) in [5.74, 6) is -0.237. The van der Waals surface area contributed by atoms with Crippen LogP contribution in [0.1, 0.15) is 22.3 Å². The van der Waals surface area contributed by atoms with Gasteiger partial charge in [0.2, 0.25) is 5.91 Å². The van der Waals surface area contributed by atoms with Gasteiger partial charge in [0.05, 0.1) is 0 Å². The van der Waals surface area contributed by atoms with Gasteiger partial charge in [-0.1, -0.05) is 54.6 Å². The topological polar surface area (TPSA) is 58.2 Å². The van der Waals surface area contributed by atoms with Gasteiger partial charge in [0.15, 0.2) is 0 Å². The molecule has 0 atom stereocenters. The molecule has 3 aromatic carbocycles. The van der Waals surface area contributed by atoms with Crippen molar-refractivity contribution in [1.29, 1.82) is 0 Å². The normalized spacial score (nSPS) is 10.2. The molecule has 0 bridgehead atoms. The summed E-state index contributed by atoms with van der Waals surface area (Å²) in [5.41, 5.74) is 3.02. The molecule has 0 aromatic heterocycles. The molecule has 0 aliphatic heterocycles. The predicted molar refractivity (Wildman–Crippen MR) is 104 cm³/mol. The molecule has 3 rings (SSSR count). The number of hydrogen-bond acceptors (Lipinski definition) is 2. The van der Waals surface area contributed by atoms with Crippen LogP contribution in [0.4, 0.5) is 11.4 Å². The van der Waals surface area contributed by atoms with Crippen LogP contribution in [0.2, 0.25) is 0 Å². The third-order valence-corrected chi connectivity index (χ3v) is 3.92. The maximum Gasteiger partial charge on any atom is 0.255 e. The summed E-state index contributed by atoms with van der Waals surface area (Å²) in [6.07, 6.45) is 1.10. The Hall–Kier alpha value is -3.40. The summed E-state index contributed by atoms with van der Waals surface area (Å²) < 4.78 is 0. The number of rotatable bonds is 6. The first-order valence-electron chi connectivity index (χ1n) is 8.51. The monoisotopic (exact) mass is 344 g/mol. The van der Waals surface area contributed by atoms with Gasteiger partial charge in [-0.25, -0.2) is 0 Å². The SMILES string of the molecule is O=C(CCc1ccccc1)Nc1cccc(NC(=O)c2ccccc2)c1. The van der Waals surface area contributed by atoms with Gasteiger partial charge in [-0.05, 0) is 42.3 Å². The molecule has 4 nitrogen and oxygen atoms in total. The van der Waals surface area contributed by atoms with E-state index >= 15 is 0 Å². The number of amides is 2. The van der Waals surface area contributed by atoms with Gasteiger partial charge in [-0.2, -0.15) is 0 Å². The van der Waals surface area contributed by atoms with Gasteiger partial charge in [-0.15, -0.1) is 0 Å². The summed E-state index contributed by atoms with van der Waals surface area (Å²) in [6, 6.07) is 26.1. The fraction of sp³-hybridized carbons (Fsp3) is 0.0909. The Morgan fingerprint density at radius 3 is 2.00 bits per heavy atom. The van der Waals surface area contributed by atoms with E-state index in [-0.39, 0.29) is 11.8 Å². The van der Waals surface area contributed by atoms with Crippen LogP contribution in [0.15, 0.2) is 84.9 Å². The van der Waals surface area contributed by atoms with Crippen molar-refractivity contribution in [3.8, 4) is 0 Å². The van der Waals surface area contributed by atoms with Crippen molar-refractivity contribution >= 4 is 23.2 Å². The maximum atomic E-state index is 12.2. The van der Waals surface area contributed by atoms with E-state index in [1.807, 2.05) is 48.5 Å². The molecule has 0 aliphatic rings. The first-order valence-corrected chi connectivity index (χ1v) is 8.51. The van der Waals surface area contributed by atoms with Crippen molar-refractivity contribution in [2.45, 2.75) is 12.8 Å². The molecule has 0 saturated carbocycles. The second-order valence-corrected chi connectivity index (χ2v) is 5.93. The van der Waals surface area contributed by atoms with Crippen molar-refractivity contribution in [1.82, 2.24) is 0 Å². The quantitative estimate of drug-likeness (QED) is 0.691. The summed E-state index contributed by atoms with van der Waals surface area (Å²) in [6.45, 7) is 0. The molecule has 0 fully saturated rings. The first kappa shape index (κ1) is 17.4. The van der Waals surface area contributed by atoms with Crippen LogP contribution in [0, 0.1) is 0 Å². The van der Waals surface area contributed by atoms with Crippen LogP contribution in [0.25, 0.3) is 0 Å². The molecule has 0 heterocycles. The van der Waals surface area contributed by atoms with Gasteiger partial charge in [-0.3, -0.25) is 9.59 Å². The Labute approximate surface area is 152 Å². The molecule has 130 valence electrons. The zero-order valence-corrected chi connectivity index (χ0v) is 14.3. The average Bonchev–Trinajstić information content (AvgIpc) is 2.68. The van der Waals surface area contributed by atoms with Crippen LogP contribution >= 0.6 is 0 Å². The van der Waals surface area contributed by atoms with Crippen LogP contribution in [-0.2, 0) is 11.2 Å². The van der Waals surface area contributed by atoms with Gasteiger partial charge < -0.3 is 10.6 Å². The molecule has 0 aliphatic carbocycles. The van der Waals surface area contributed by atoms with Crippen molar-refractivity contribution < 1.29 is 9.59 Å². The molecule has 0 radical (unpaired) electrons. The van der Waals surface area contributed by atoms with Gasteiger partial charge in [0.1, 0.15) is 0 Å². The van der Waals surface area contributed by atoms with E-state index in [1.54, 1.807) is 36.4 Å². The van der Waals surface area contributed by atoms with E-state index in [1.165, 1.54) is 0 Å². The highest BCUT2D eigenvalue weighted by atomic mass is 16.2. The van der Waals surface area contributed by atoms with E-state index < -0.39 is 0 Å². The highest BCUT2D eigenvalue weighted by Gasteiger charge is 2.07. The van der Waals surface area contributed by atoms with Gasteiger partial charge in [0, 0.05) is 23.4 Å². The fourth-order valence-electron chi connectivity index (χ4n) is 2.59. The minimum Gasteiger partial charge on any atom is -0.326 e. The second kappa shape index (κ2) is 8.62. The van der Waals surface area contributed by atoms with E-state index in [2.05, 4.69) is 10.6 Å². The van der Waals surface area contributed by atoms with Crippen molar-refractivity contribution in [3.05, 3.63) is 96.1 Å². The van der Waals surface area contributed by atoms with Gasteiger partial charge in [0.25, 0.3) is 5.91 Å². The number of nitrogens with one attached hydrogen (secondary N) is 2. The predicted octanol–water partition coefficient (Wildman–Crippen LogP) is 4.51. The van der Waals surface area contributed by atoms with Crippen molar-refractivity contribution in [2.24, 2.45) is 0 Å². The maximum absolute atomic E-state index is 12.2. The Kier molecular flexibility index (Phi) is 5.78. The zero-order chi connectivity index (χ0) is 18.2. The molecule has 0 unspecified atom stereocenters. The number of aryl methyl sites for hydroxylation is 1. The summed E-state index contributed by atoms with van der Waals surface area (Å²) in [4.78, 5) is 24.4. The Morgan fingerprint density at radius 2 is 1.31 bits per heavy atom. The molecular weight excluding hydrogens is 324 g/mol. The lowest BCUT2D eigenvalue weighted by Gasteiger charge is -2.09.